The van der Waals surface area contributed by atoms with Gasteiger partial charge < -0.3 is 5.32 Å². The molecule has 0 saturated heterocycles. The molecule has 5 heteroatoms. The topological polar surface area (TPSA) is 65.8 Å². The summed E-state index contributed by atoms with van der Waals surface area (Å²) in [4.78, 5) is 15.9. The van der Waals surface area contributed by atoms with Crippen LogP contribution in [-0.2, 0) is 0 Å². The summed E-state index contributed by atoms with van der Waals surface area (Å²) < 4.78 is 13.6. The number of aromatic nitrogens is 1. The van der Waals surface area contributed by atoms with E-state index in [9.17, 15) is 9.18 Å². The van der Waals surface area contributed by atoms with Gasteiger partial charge in [-0.25, -0.2) is 4.39 Å². The fraction of sp³-hybridized carbons (Fsp3) is 0.0714. The van der Waals surface area contributed by atoms with Crippen LogP contribution in [0.1, 0.15) is 21.6 Å². The maximum Gasteiger partial charge on any atom is 0.255 e. The first kappa shape index (κ1) is 12.7. The number of anilines is 1. The van der Waals surface area contributed by atoms with Crippen LogP contribution >= 0.6 is 0 Å². The van der Waals surface area contributed by atoms with Crippen molar-refractivity contribution in [2.45, 2.75) is 6.92 Å². The Hall–Kier alpha value is -2.74. The number of nitrogens with one attached hydrogen (secondary N) is 1. The molecule has 0 atom stereocenters. The number of carbonyl (C=O) groups is 1. The van der Waals surface area contributed by atoms with Gasteiger partial charge in [-0.05, 0) is 37.3 Å². The zero-order valence-electron chi connectivity index (χ0n) is 10.1. The van der Waals surface area contributed by atoms with Crippen LogP contribution < -0.4 is 5.32 Å². The van der Waals surface area contributed by atoms with Gasteiger partial charge in [0.2, 0.25) is 0 Å². The lowest BCUT2D eigenvalue weighted by atomic mass is 10.2. The fourth-order valence-electron chi connectivity index (χ4n) is 1.57. The van der Waals surface area contributed by atoms with Gasteiger partial charge in [0.1, 0.15) is 5.82 Å². The van der Waals surface area contributed by atoms with E-state index in [-0.39, 0.29) is 11.3 Å². The number of rotatable bonds is 2. The third-order valence-corrected chi connectivity index (χ3v) is 2.51. The molecule has 2 aromatic rings. The van der Waals surface area contributed by atoms with Crippen molar-refractivity contribution in [3.8, 4) is 6.07 Å². The second-order valence-corrected chi connectivity index (χ2v) is 3.95. The van der Waals surface area contributed by atoms with Crippen LogP contribution in [0.3, 0.4) is 0 Å². The molecule has 0 spiro atoms. The second kappa shape index (κ2) is 5.27. The van der Waals surface area contributed by atoms with Crippen molar-refractivity contribution < 1.29 is 9.18 Å². The van der Waals surface area contributed by atoms with Gasteiger partial charge in [-0.1, -0.05) is 0 Å². The molecule has 1 aromatic heterocycles. The molecule has 0 bridgehead atoms. The highest BCUT2D eigenvalue weighted by Crippen LogP contribution is 2.16. The summed E-state index contributed by atoms with van der Waals surface area (Å²) in [6.45, 7) is 1.76. The van der Waals surface area contributed by atoms with Crippen LogP contribution in [0, 0.1) is 24.1 Å². The number of benzene rings is 1. The van der Waals surface area contributed by atoms with Gasteiger partial charge in [0, 0.05) is 17.5 Å². The van der Waals surface area contributed by atoms with Gasteiger partial charge in [0.15, 0.2) is 0 Å². The number of aryl methyl sites for hydroxylation is 1. The summed E-state index contributed by atoms with van der Waals surface area (Å²) >= 11 is 0. The minimum absolute atomic E-state index is 0.0402. The molecule has 4 nitrogen and oxygen atoms in total. The zero-order chi connectivity index (χ0) is 13.8. The maximum absolute atomic E-state index is 13.6. The Morgan fingerprint density at radius 1 is 1.37 bits per heavy atom. The lowest BCUT2D eigenvalue weighted by molar-refractivity contribution is 0.102. The number of amides is 1. The highest BCUT2D eigenvalue weighted by Gasteiger charge is 2.10. The molecule has 2 rings (SSSR count). The van der Waals surface area contributed by atoms with Crippen LogP contribution in [0.25, 0.3) is 0 Å². The van der Waals surface area contributed by atoms with E-state index >= 15 is 0 Å². The molecule has 0 aliphatic rings. The van der Waals surface area contributed by atoms with Crippen LogP contribution in [0.2, 0.25) is 0 Å². The van der Waals surface area contributed by atoms with Crippen LogP contribution in [0.15, 0.2) is 36.5 Å². The number of hydrogen-bond donors (Lipinski definition) is 1. The second-order valence-electron chi connectivity index (χ2n) is 3.95. The van der Waals surface area contributed by atoms with Crippen LogP contribution in [-0.4, -0.2) is 10.9 Å². The van der Waals surface area contributed by atoms with Gasteiger partial charge in [-0.15, -0.1) is 0 Å². The molecule has 0 aliphatic carbocycles. The summed E-state index contributed by atoms with van der Waals surface area (Å²) in [7, 11) is 0. The molecule has 0 saturated carbocycles. The number of nitrogens with zero attached hydrogens (tertiary/aromatic N) is 2. The number of hydrogen-bond acceptors (Lipinski definition) is 3. The van der Waals surface area contributed by atoms with E-state index in [2.05, 4.69) is 10.3 Å². The van der Waals surface area contributed by atoms with Crippen LogP contribution in [0.4, 0.5) is 10.1 Å². The van der Waals surface area contributed by atoms with Crippen molar-refractivity contribution in [1.82, 2.24) is 4.98 Å². The first-order valence-corrected chi connectivity index (χ1v) is 5.54. The smallest absolute Gasteiger partial charge is 0.255 e. The molecular formula is C14H10FN3O. The highest BCUT2D eigenvalue weighted by molar-refractivity contribution is 6.04. The Bertz CT molecular complexity index is 677. The van der Waals surface area contributed by atoms with E-state index in [1.165, 1.54) is 18.3 Å². The van der Waals surface area contributed by atoms with Gasteiger partial charge in [-0.3, -0.25) is 9.78 Å². The molecule has 0 aliphatic heterocycles. The Labute approximate surface area is 109 Å². The number of pyridine rings is 1. The van der Waals surface area contributed by atoms with Crippen molar-refractivity contribution in [1.29, 1.82) is 5.26 Å². The molecule has 1 heterocycles. The maximum atomic E-state index is 13.6. The lowest BCUT2D eigenvalue weighted by Gasteiger charge is -2.06. The lowest BCUT2D eigenvalue weighted by Crippen LogP contribution is -2.13. The summed E-state index contributed by atoms with van der Waals surface area (Å²) in [5.74, 6) is -1.06. The summed E-state index contributed by atoms with van der Waals surface area (Å²) in [6, 6.07) is 8.86. The van der Waals surface area contributed by atoms with Gasteiger partial charge in [0.25, 0.3) is 5.91 Å². The number of carbonyl (C=O) groups excluding carboxylic acids is 1. The molecule has 1 N–H and O–H groups in total. The molecule has 0 radical (unpaired) electrons. The zero-order valence-corrected chi connectivity index (χ0v) is 10.1. The molecule has 0 fully saturated rings. The van der Waals surface area contributed by atoms with Crippen molar-refractivity contribution in [3.63, 3.8) is 0 Å². The van der Waals surface area contributed by atoms with E-state index in [0.29, 0.717) is 11.3 Å². The van der Waals surface area contributed by atoms with Gasteiger partial charge in [0.05, 0.1) is 17.3 Å². The first-order valence-electron chi connectivity index (χ1n) is 5.54. The van der Waals surface area contributed by atoms with Gasteiger partial charge >= 0.3 is 0 Å². The predicted molar refractivity (Wildman–Crippen MR) is 68.0 cm³/mol. The highest BCUT2D eigenvalue weighted by atomic mass is 19.1. The van der Waals surface area contributed by atoms with E-state index in [0.717, 1.165) is 6.07 Å². The third kappa shape index (κ3) is 2.93. The van der Waals surface area contributed by atoms with Crippen LogP contribution in [0.5, 0.6) is 0 Å². The van der Waals surface area contributed by atoms with E-state index in [4.69, 9.17) is 5.26 Å². The van der Waals surface area contributed by atoms with Crippen molar-refractivity contribution in [2.75, 3.05) is 5.32 Å². The molecule has 1 aromatic carbocycles. The standard InChI is InChI=1S/C14H10FN3O/c1-9-6-11(4-5-17-9)14(19)18-13-3-2-10(8-16)7-12(13)15/h2-7H,1H3,(H,18,19). The molecular weight excluding hydrogens is 245 g/mol. The van der Waals surface area contributed by atoms with Crippen molar-refractivity contribution in [3.05, 3.63) is 59.2 Å². The molecule has 94 valence electrons. The minimum atomic E-state index is -0.641. The minimum Gasteiger partial charge on any atom is -0.319 e. The first-order chi connectivity index (χ1) is 9.10. The van der Waals surface area contributed by atoms with E-state index in [1.54, 1.807) is 19.1 Å². The number of nitriles is 1. The average molecular weight is 255 g/mol. The fourth-order valence-corrected chi connectivity index (χ4v) is 1.57. The van der Waals surface area contributed by atoms with Crippen molar-refractivity contribution in [2.24, 2.45) is 0 Å². The Morgan fingerprint density at radius 2 is 2.16 bits per heavy atom. The largest absolute Gasteiger partial charge is 0.319 e. The van der Waals surface area contributed by atoms with Gasteiger partial charge in [-0.2, -0.15) is 5.26 Å². The Kier molecular flexibility index (Phi) is 3.53. The Balaban J connectivity index is 2.22. The summed E-state index contributed by atoms with van der Waals surface area (Å²) in [5.41, 5.74) is 1.35. The quantitative estimate of drug-likeness (QED) is 0.897. The van der Waals surface area contributed by atoms with Crippen molar-refractivity contribution >= 4 is 11.6 Å². The molecule has 1 amide bonds. The average Bonchev–Trinajstić information content (AvgIpc) is 2.41. The van der Waals surface area contributed by atoms with E-state index in [1.807, 2.05) is 6.07 Å². The SMILES string of the molecule is Cc1cc(C(=O)Nc2ccc(C#N)cc2F)ccn1. The third-order valence-electron chi connectivity index (χ3n) is 2.51. The Morgan fingerprint density at radius 3 is 2.79 bits per heavy atom. The normalized spacial score (nSPS) is 9.74. The summed E-state index contributed by atoms with van der Waals surface area (Å²) in [5, 5.41) is 11.1. The predicted octanol–water partition coefficient (Wildman–Crippen LogP) is 2.65. The monoisotopic (exact) mass is 255 g/mol. The number of halogens is 1. The molecule has 0 unspecified atom stereocenters. The van der Waals surface area contributed by atoms with E-state index < -0.39 is 11.7 Å². The molecule has 19 heavy (non-hydrogen) atoms. The summed E-state index contributed by atoms with van der Waals surface area (Å²) in [6.07, 6.45) is 1.51.